The van der Waals surface area contributed by atoms with Gasteiger partial charge in [0.1, 0.15) is 5.75 Å². The molecule has 4 heteroatoms. The Labute approximate surface area is 118 Å². The molecule has 0 unspecified atom stereocenters. The van der Waals surface area contributed by atoms with E-state index in [0.29, 0.717) is 12.3 Å². The molecular weight excluding hydrogens is 264 g/mol. The predicted octanol–water partition coefficient (Wildman–Crippen LogP) is 3.51. The van der Waals surface area contributed by atoms with Crippen molar-refractivity contribution in [2.24, 2.45) is 5.92 Å². The normalized spacial score (nSPS) is 13.1. The molecular formula is C15H19ClO3. The van der Waals surface area contributed by atoms with Crippen molar-refractivity contribution in [3.05, 3.63) is 41.5 Å². The standard InChI is InChI=1S/C15H19ClO3/c1-3-11(10-16)8-13(15(17)18)9-12-4-6-14(19-2)7-5-12/h4-8,13H,3,9-10H2,1-2H3,(H,17,18)/t13-/m1/s1. The second-order valence-electron chi connectivity index (χ2n) is 4.31. The summed E-state index contributed by atoms with van der Waals surface area (Å²) in [4.78, 5) is 11.3. The van der Waals surface area contributed by atoms with Gasteiger partial charge in [0.05, 0.1) is 13.0 Å². The van der Waals surface area contributed by atoms with Crippen LogP contribution in [0.5, 0.6) is 5.75 Å². The zero-order valence-corrected chi connectivity index (χ0v) is 12.0. The minimum absolute atomic E-state index is 0.378. The monoisotopic (exact) mass is 282 g/mol. The SMILES string of the molecule is CCC(=C[C@H](Cc1ccc(OC)cc1)C(=O)O)CCl. The lowest BCUT2D eigenvalue weighted by atomic mass is 9.96. The largest absolute Gasteiger partial charge is 0.497 e. The molecule has 1 atom stereocenters. The molecule has 0 saturated carbocycles. The van der Waals surface area contributed by atoms with E-state index in [1.54, 1.807) is 13.2 Å². The summed E-state index contributed by atoms with van der Waals surface area (Å²) in [6.45, 7) is 1.97. The van der Waals surface area contributed by atoms with Crippen LogP contribution in [0.4, 0.5) is 0 Å². The molecule has 0 fully saturated rings. The maximum atomic E-state index is 11.3. The second-order valence-corrected chi connectivity index (χ2v) is 4.58. The lowest BCUT2D eigenvalue weighted by Gasteiger charge is -2.10. The number of carboxylic acid groups (broad SMARTS) is 1. The molecule has 1 N–H and O–H groups in total. The molecule has 0 heterocycles. The number of hydrogen-bond acceptors (Lipinski definition) is 2. The average molecular weight is 283 g/mol. The topological polar surface area (TPSA) is 46.5 Å². The van der Waals surface area contributed by atoms with Crippen LogP contribution in [0.25, 0.3) is 0 Å². The zero-order valence-electron chi connectivity index (χ0n) is 11.2. The van der Waals surface area contributed by atoms with Gasteiger partial charge in [-0.25, -0.2) is 0 Å². The van der Waals surface area contributed by atoms with E-state index >= 15 is 0 Å². The van der Waals surface area contributed by atoms with Gasteiger partial charge >= 0.3 is 5.97 Å². The van der Waals surface area contributed by atoms with E-state index in [2.05, 4.69) is 0 Å². The van der Waals surface area contributed by atoms with Crippen LogP contribution in [0.3, 0.4) is 0 Å². The van der Waals surface area contributed by atoms with E-state index in [4.69, 9.17) is 16.3 Å². The molecule has 1 rings (SSSR count). The Balaban J connectivity index is 2.83. The smallest absolute Gasteiger partial charge is 0.310 e. The lowest BCUT2D eigenvalue weighted by Crippen LogP contribution is -2.15. The van der Waals surface area contributed by atoms with Crippen molar-refractivity contribution < 1.29 is 14.6 Å². The molecule has 0 saturated heterocycles. The third-order valence-corrected chi connectivity index (χ3v) is 3.34. The first-order valence-corrected chi connectivity index (χ1v) is 6.75. The van der Waals surface area contributed by atoms with E-state index < -0.39 is 11.9 Å². The first-order valence-electron chi connectivity index (χ1n) is 6.22. The Morgan fingerprint density at radius 3 is 2.47 bits per heavy atom. The highest BCUT2D eigenvalue weighted by Crippen LogP contribution is 2.18. The van der Waals surface area contributed by atoms with Crippen LogP contribution >= 0.6 is 11.6 Å². The Morgan fingerprint density at radius 1 is 1.42 bits per heavy atom. The maximum absolute atomic E-state index is 11.3. The molecule has 0 radical (unpaired) electrons. The number of carbonyl (C=O) groups is 1. The summed E-state index contributed by atoms with van der Waals surface area (Å²) in [5.41, 5.74) is 1.93. The fourth-order valence-electron chi connectivity index (χ4n) is 1.77. The fraction of sp³-hybridized carbons (Fsp3) is 0.400. The van der Waals surface area contributed by atoms with Crippen molar-refractivity contribution in [3.63, 3.8) is 0 Å². The first-order chi connectivity index (χ1) is 9.10. The number of benzene rings is 1. The molecule has 1 aromatic carbocycles. The summed E-state index contributed by atoms with van der Waals surface area (Å²) in [6, 6.07) is 7.43. The van der Waals surface area contributed by atoms with Crippen LogP contribution in [-0.4, -0.2) is 24.1 Å². The Kier molecular flexibility index (Phi) is 6.43. The average Bonchev–Trinajstić information content (AvgIpc) is 2.43. The van der Waals surface area contributed by atoms with Gasteiger partial charge in [-0.2, -0.15) is 0 Å². The number of halogens is 1. The van der Waals surface area contributed by atoms with Crippen LogP contribution in [0.2, 0.25) is 0 Å². The number of hydrogen-bond donors (Lipinski definition) is 1. The summed E-state index contributed by atoms with van der Waals surface area (Å²) in [6.07, 6.45) is 3.00. The number of methoxy groups -OCH3 is 1. The van der Waals surface area contributed by atoms with Gasteiger partial charge < -0.3 is 9.84 Å². The summed E-state index contributed by atoms with van der Waals surface area (Å²) in [7, 11) is 1.60. The van der Waals surface area contributed by atoms with Crippen molar-refractivity contribution >= 4 is 17.6 Å². The fourth-order valence-corrected chi connectivity index (χ4v) is 2.05. The van der Waals surface area contributed by atoms with Gasteiger partial charge in [0.15, 0.2) is 0 Å². The zero-order chi connectivity index (χ0) is 14.3. The molecule has 0 amide bonds. The van der Waals surface area contributed by atoms with Crippen LogP contribution < -0.4 is 4.74 Å². The van der Waals surface area contributed by atoms with E-state index in [1.165, 1.54) is 0 Å². The highest BCUT2D eigenvalue weighted by molar-refractivity contribution is 6.19. The molecule has 0 bridgehead atoms. The number of alkyl halides is 1. The van der Waals surface area contributed by atoms with Crippen molar-refractivity contribution in [3.8, 4) is 5.75 Å². The van der Waals surface area contributed by atoms with Crippen molar-refractivity contribution in [1.82, 2.24) is 0 Å². The predicted molar refractivity (Wildman–Crippen MR) is 76.9 cm³/mol. The molecule has 1 aromatic rings. The molecule has 0 aliphatic carbocycles. The van der Waals surface area contributed by atoms with Crippen LogP contribution in [-0.2, 0) is 11.2 Å². The van der Waals surface area contributed by atoms with Gasteiger partial charge in [-0.1, -0.05) is 30.7 Å². The summed E-state index contributed by atoms with van der Waals surface area (Å²) in [5, 5.41) is 9.26. The highest BCUT2D eigenvalue weighted by atomic mass is 35.5. The van der Waals surface area contributed by atoms with E-state index in [9.17, 15) is 9.90 Å². The Morgan fingerprint density at radius 2 is 2.05 bits per heavy atom. The number of rotatable bonds is 7. The van der Waals surface area contributed by atoms with Gasteiger partial charge in [0.2, 0.25) is 0 Å². The van der Waals surface area contributed by atoms with Crippen LogP contribution in [0, 0.1) is 5.92 Å². The minimum atomic E-state index is -0.827. The molecule has 0 aliphatic rings. The van der Waals surface area contributed by atoms with E-state index in [-0.39, 0.29) is 0 Å². The third kappa shape index (κ3) is 4.95. The highest BCUT2D eigenvalue weighted by Gasteiger charge is 2.16. The van der Waals surface area contributed by atoms with Crippen molar-refractivity contribution in [2.75, 3.05) is 13.0 Å². The minimum Gasteiger partial charge on any atom is -0.497 e. The molecule has 3 nitrogen and oxygen atoms in total. The van der Waals surface area contributed by atoms with Crippen molar-refractivity contribution in [1.29, 1.82) is 0 Å². The summed E-state index contributed by atoms with van der Waals surface area (Å²) >= 11 is 5.78. The van der Waals surface area contributed by atoms with Gasteiger partial charge in [-0.05, 0) is 30.5 Å². The van der Waals surface area contributed by atoms with Crippen molar-refractivity contribution in [2.45, 2.75) is 19.8 Å². The number of aliphatic carboxylic acids is 1. The summed E-state index contributed by atoms with van der Waals surface area (Å²) in [5.74, 6) is -0.224. The second kappa shape index (κ2) is 7.85. The molecule has 19 heavy (non-hydrogen) atoms. The third-order valence-electron chi connectivity index (χ3n) is 2.99. The van der Waals surface area contributed by atoms with Crippen LogP contribution in [0.15, 0.2) is 35.9 Å². The van der Waals surface area contributed by atoms with Gasteiger partial charge in [-0.15, -0.1) is 11.6 Å². The van der Waals surface area contributed by atoms with E-state index in [1.807, 2.05) is 31.2 Å². The number of ether oxygens (including phenoxy) is 1. The number of allylic oxidation sites excluding steroid dienone is 1. The van der Waals surface area contributed by atoms with Gasteiger partial charge in [-0.3, -0.25) is 4.79 Å². The molecule has 0 aromatic heterocycles. The van der Waals surface area contributed by atoms with E-state index in [0.717, 1.165) is 23.3 Å². The van der Waals surface area contributed by atoms with Crippen LogP contribution in [0.1, 0.15) is 18.9 Å². The quantitative estimate of drug-likeness (QED) is 0.615. The number of carboxylic acids is 1. The summed E-state index contributed by atoms with van der Waals surface area (Å²) < 4.78 is 5.08. The molecule has 0 aliphatic heterocycles. The Hall–Kier alpha value is -1.48. The lowest BCUT2D eigenvalue weighted by molar-refractivity contribution is -0.140. The van der Waals surface area contributed by atoms with Gasteiger partial charge in [0, 0.05) is 5.88 Å². The Bertz CT molecular complexity index is 431. The van der Waals surface area contributed by atoms with Gasteiger partial charge in [0.25, 0.3) is 0 Å². The first kappa shape index (κ1) is 15.6. The maximum Gasteiger partial charge on any atom is 0.310 e. The molecule has 104 valence electrons. The molecule has 0 spiro atoms.